The third-order valence-electron chi connectivity index (χ3n) is 4.54. The molecule has 144 valence electrons. The van der Waals surface area contributed by atoms with Gasteiger partial charge in [-0.2, -0.15) is 11.8 Å². The van der Waals surface area contributed by atoms with Crippen LogP contribution in [0.15, 0.2) is 54.6 Å². The molecule has 0 aromatic heterocycles. The van der Waals surface area contributed by atoms with Crippen molar-refractivity contribution < 1.29 is 9.53 Å². The molecule has 2 unspecified atom stereocenters. The second kappa shape index (κ2) is 10.5. The molecule has 27 heavy (non-hydrogen) atoms. The summed E-state index contributed by atoms with van der Waals surface area (Å²) < 4.78 is 5.26. The molecule has 1 fully saturated rings. The molecule has 3 rings (SSSR count). The van der Waals surface area contributed by atoms with Gasteiger partial charge in [-0.05, 0) is 24.5 Å². The molecule has 2 aromatic carbocycles. The number of thioether (sulfide) groups is 1. The molecular weight excluding hydrogens is 356 g/mol. The zero-order valence-corrected chi connectivity index (χ0v) is 16.6. The summed E-state index contributed by atoms with van der Waals surface area (Å²) in [5.74, 6) is 1.73. The van der Waals surface area contributed by atoms with E-state index in [9.17, 15) is 4.79 Å². The van der Waals surface area contributed by atoms with Crippen LogP contribution in [0.3, 0.4) is 0 Å². The van der Waals surface area contributed by atoms with Crippen molar-refractivity contribution in [2.24, 2.45) is 0 Å². The number of carbonyl (C=O) groups is 1. The van der Waals surface area contributed by atoms with Crippen molar-refractivity contribution in [3.05, 3.63) is 71.3 Å². The summed E-state index contributed by atoms with van der Waals surface area (Å²) >= 11 is 1.78. The number of hydrogen-bond donors (Lipinski definition) is 2. The lowest BCUT2D eigenvalue weighted by atomic mass is 10.1. The van der Waals surface area contributed by atoms with Gasteiger partial charge in [0, 0.05) is 24.6 Å². The number of aryl methyl sites for hydroxylation is 1. The van der Waals surface area contributed by atoms with Crippen LogP contribution in [0.25, 0.3) is 0 Å². The Morgan fingerprint density at radius 2 is 1.89 bits per heavy atom. The summed E-state index contributed by atoms with van der Waals surface area (Å²) in [6, 6.07) is 18.6. The molecule has 1 aliphatic heterocycles. The molecule has 4 nitrogen and oxygen atoms in total. The molecule has 0 radical (unpaired) electrons. The largest absolute Gasteiger partial charge is 0.372 e. The number of rotatable bonds is 11. The van der Waals surface area contributed by atoms with Gasteiger partial charge in [-0.1, -0.05) is 60.2 Å². The van der Waals surface area contributed by atoms with Crippen LogP contribution < -0.4 is 10.6 Å². The van der Waals surface area contributed by atoms with Crippen LogP contribution in [0, 0.1) is 6.92 Å². The quantitative estimate of drug-likeness (QED) is 0.585. The summed E-state index contributed by atoms with van der Waals surface area (Å²) in [6.45, 7) is 4.27. The Morgan fingerprint density at radius 3 is 2.59 bits per heavy atom. The maximum Gasteiger partial charge on any atom is 0.238 e. The Balaban J connectivity index is 1.43. The summed E-state index contributed by atoms with van der Waals surface area (Å²) in [7, 11) is 0. The fraction of sp³-hybridized carbons (Fsp3) is 0.409. The van der Waals surface area contributed by atoms with Gasteiger partial charge in [-0.25, -0.2) is 0 Å². The number of ether oxygens (including phenoxy) is 1. The molecular formula is C22H28N2O2S. The van der Waals surface area contributed by atoms with E-state index in [1.165, 1.54) is 16.7 Å². The number of epoxide rings is 1. The topological polar surface area (TPSA) is 53.7 Å². The van der Waals surface area contributed by atoms with E-state index < -0.39 is 0 Å². The fourth-order valence-electron chi connectivity index (χ4n) is 2.76. The van der Waals surface area contributed by atoms with Gasteiger partial charge < -0.3 is 15.4 Å². The predicted molar refractivity (Wildman–Crippen MR) is 112 cm³/mol. The van der Waals surface area contributed by atoms with E-state index in [-0.39, 0.29) is 18.1 Å². The lowest BCUT2D eigenvalue weighted by Crippen LogP contribution is -2.47. The predicted octanol–water partition coefficient (Wildman–Crippen LogP) is 2.94. The van der Waals surface area contributed by atoms with Crippen molar-refractivity contribution >= 4 is 17.7 Å². The lowest BCUT2D eigenvalue weighted by molar-refractivity contribution is -0.122. The zero-order valence-electron chi connectivity index (χ0n) is 15.8. The van der Waals surface area contributed by atoms with Crippen molar-refractivity contribution in [3.8, 4) is 0 Å². The highest BCUT2D eigenvalue weighted by Crippen LogP contribution is 2.14. The van der Waals surface area contributed by atoms with Crippen molar-refractivity contribution in [3.63, 3.8) is 0 Å². The summed E-state index contributed by atoms with van der Waals surface area (Å²) in [6.07, 6.45) is 1.12. The molecule has 1 amide bonds. The number of hydrogen-bond acceptors (Lipinski definition) is 4. The average molecular weight is 385 g/mol. The van der Waals surface area contributed by atoms with Crippen LogP contribution in [0.4, 0.5) is 0 Å². The summed E-state index contributed by atoms with van der Waals surface area (Å²) in [5.41, 5.74) is 3.78. The average Bonchev–Trinajstić information content (AvgIpc) is 3.51. The number of amides is 1. The molecule has 0 spiro atoms. The van der Waals surface area contributed by atoms with Crippen molar-refractivity contribution in [2.75, 3.05) is 25.4 Å². The smallest absolute Gasteiger partial charge is 0.238 e. The molecule has 1 heterocycles. The van der Waals surface area contributed by atoms with E-state index in [0.717, 1.165) is 31.1 Å². The molecule has 1 saturated heterocycles. The number of carbonyl (C=O) groups excluding carboxylic acids is 1. The highest BCUT2D eigenvalue weighted by atomic mass is 32.2. The minimum atomic E-state index is -0.194. The Labute approximate surface area is 166 Å². The fourth-order valence-corrected chi connectivity index (χ4v) is 3.81. The normalized spacial score (nSPS) is 16.7. The first-order valence-electron chi connectivity index (χ1n) is 9.50. The van der Waals surface area contributed by atoms with Gasteiger partial charge in [-0.3, -0.25) is 4.79 Å². The van der Waals surface area contributed by atoms with Gasteiger partial charge in [0.1, 0.15) is 0 Å². The van der Waals surface area contributed by atoms with Crippen LogP contribution in [-0.4, -0.2) is 43.5 Å². The molecule has 0 aliphatic carbocycles. The highest BCUT2D eigenvalue weighted by molar-refractivity contribution is 7.98. The third kappa shape index (κ3) is 7.37. The summed E-state index contributed by atoms with van der Waals surface area (Å²) in [5, 5.41) is 6.45. The molecule has 2 aromatic rings. The van der Waals surface area contributed by atoms with Crippen LogP contribution in [0.1, 0.15) is 16.7 Å². The Hall–Kier alpha value is -1.82. The molecule has 0 saturated carbocycles. The standard InChI is InChI=1S/C22H28N2O2S/c1-17-7-9-18(10-8-17)11-12-23-22(25)21(24-13-20-14-26-20)16-27-15-19-5-3-2-4-6-19/h2-10,20-21,24H,11-16H2,1H3,(H,23,25). The minimum Gasteiger partial charge on any atom is -0.372 e. The minimum absolute atomic E-state index is 0.0725. The van der Waals surface area contributed by atoms with E-state index in [0.29, 0.717) is 6.54 Å². The number of benzene rings is 2. The van der Waals surface area contributed by atoms with Crippen molar-refractivity contribution in [1.82, 2.24) is 10.6 Å². The van der Waals surface area contributed by atoms with E-state index in [4.69, 9.17) is 4.74 Å². The molecule has 0 bridgehead atoms. The first kappa shape index (κ1) is 19.9. The second-order valence-electron chi connectivity index (χ2n) is 6.94. The van der Waals surface area contributed by atoms with Crippen LogP contribution in [0.5, 0.6) is 0 Å². The van der Waals surface area contributed by atoms with Crippen molar-refractivity contribution in [2.45, 2.75) is 31.2 Å². The van der Waals surface area contributed by atoms with E-state index in [2.05, 4.69) is 54.0 Å². The van der Waals surface area contributed by atoms with Gasteiger partial charge >= 0.3 is 0 Å². The second-order valence-corrected chi connectivity index (χ2v) is 7.97. The maximum atomic E-state index is 12.6. The Kier molecular flexibility index (Phi) is 7.75. The van der Waals surface area contributed by atoms with Gasteiger partial charge in [0.05, 0.1) is 18.8 Å². The van der Waals surface area contributed by atoms with Gasteiger partial charge in [0.25, 0.3) is 0 Å². The maximum absolute atomic E-state index is 12.6. The van der Waals surface area contributed by atoms with Gasteiger partial charge in [0.2, 0.25) is 5.91 Å². The first-order chi connectivity index (χ1) is 13.2. The zero-order chi connectivity index (χ0) is 18.9. The van der Waals surface area contributed by atoms with E-state index in [1.807, 2.05) is 18.2 Å². The van der Waals surface area contributed by atoms with Crippen LogP contribution >= 0.6 is 11.8 Å². The molecule has 5 heteroatoms. The monoisotopic (exact) mass is 384 g/mol. The third-order valence-corrected chi connectivity index (χ3v) is 5.65. The first-order valence-corrected chi connectivity index (χ1v) is 10.7. The van der Waals surface area contributed by atoms with Crippen molar-refractivity contribution in [1.29, 1.82) is 0 Å². The van der Waals surface area contributed by atoms with E-state index >= 15 is 0 Å². The van der Waals surface area contributed by atoms with E-state index in [1.54, 1.807) is 11.8 Å². The van der Waals surface area contributed by atoms with Crippen LogP contribution in [-0.2, 0) is 21.7 Å². The van der Waals surface area contributed by atoms with Gasteiger partial charge in [-0.15, -0.1) is 0 Å². The summed E-state index contributed by atoms with van der Waals surface area (Å²) in [4.78, 5) is 12.6. The lowest BCUT2D eigenvalue weighted by Gasteiger charge is -2.18. The SMILES string of the molecule is Cc1ccc(CCNC(=O)C(CSCc2ccccc2)NCC2CO2)cc1. The highest BCUT2D eigenvalue weighted by Gasteiger charge is 2.25. The molecule has 2 atom stereocenters. The molecule has 1 aliphatic rings. The van der Waals surface area contributed by atoms with Gasteiger partial charge in [0.15, 0.2) is 0 Å². The number of nitrogens with one attached hydrogen (secondary N) is 2. The van der Waals surface area contributed by atoms with Crippen LogP contribution in [0.2, 0.25) is 0 Å². The Morgan fingerprint density at radius 1 is 1.15 bits per heavy atom. The molecule has 2 N–H and O–H groups in total. The Bertz CT molecular complexity index is 702.